The standard InChI is InChI=1S/C10H9BrCl2N4S/c11-5-1-2-18-8(5)4-15-9-6(12)3-7(13)10(16-9)17-14/h1-3H,4,14H2,(H2,15,16,17). The lowest BCUT2D eigenvalue weighted by Gasteiger charge is -2.10. The van der Waals surface area contributed by atoms with Gasteiger partial charge in [0.1, 0.15) is 5.82 Å². The molecule has 0 fully saturated rings. The summed E-state index contributed by atoms with van der Waals surface area (Å²) in [5, 5.41) is 5.98. The smallest absolute Gasteiger partial charge is 0.161 e. The van der Waals surface area contributed by atoms with E-state index in [9.17, 15) is 0 Å². The summed E-state index contributed by atoms with van der Waals surface area (Å²) in [6.45, 7) is 0.622. The third-order valence-corrected chi connectivity index (χ3v) is 4.68. The molecule has 2 rings (SSSR count). The molecule has 18 heavy (non-hydrogen) atoms. The van der Waals surface area contributed by atoms with Gasteiger partial charge in [0.25, 0.3) is 0 Å². The van der Waals surface area contributed by atoms with E-state index in [0.717, 1.165) is 9.35 Å². The van der Waals surface area contributed by atoms with Crippen LogP contribution in [0.4, 0.5) is 11.6 Å². The Morgan fingerprint density at radius 3 is 2.67 bits per heavy atom. The van der Waals surface area contributed by atoms with E-state index in [1.54, 1.807) is 17.4 Å². The van der Waals surface area contributed by atoms with Crippen molar-refractivity contribution >= 4 is 62.1 Å². The predicted molar refractivity (Wildman–Crippen MR) is 81.4 cm³/mol. The van der Waals surface area contributed by atoms with Crippen LogP contribution in [-0.2, 0) is 6.54 Å². The maximum Gasteiger partial charge on any atom is 0.161 e. The molecule has 0 saturated carbocycles. The second-order valence-corrected chi connectivity index (χ2v) is 6.01. The zero-order valence-electron chi connectivity index (χ0n) is 9.01. The Kier molecular flexibility index (Phi) is 4.69. The van der Waals surface area contributed by atoms with Gasteiger partial charge in [-0.05, 0) is 33.4 Å². The van der Waals surface area contributed by atoms with Gasteiger partial charge in [0.2, 0.25) is 0 Å². The van der Waals surface area contributed by atoms with E-state index < -0.39 is 0 Å². The van der Waals surface area contributed by atoms with Crippen molar-refractivity contribution in [1.82, 2.24) is 4.98 Å². The second-order valence-electron chi connectivity index (χ2n) is 3.34. The van der Waals surface area contributed by atoms with Crippen LogP contribution in [0.1, 0.15) is 4.88 Å². The van der Waals surface area contributed by atoms with Gasteiger partial charge in [-0.15, -0.1) is 11.3 Å². The molecular formula is C10H9BrCl2N4S. The molecule has 96 valence electrons. The molecule has 2 aromatic heterocycles. The fraction of sp³-hybridized carbons (Fsp3) is 0.100. The Morgan fingerprint density at radius 2 is 2.06 bits per heavy atom. The van der Waals surface area contributed by atoms with Gasteiger partial charge in [-0.3, -0.25) is 0 Å². The SMILES string of the molecule is NNc1nc(NCc2sccc2Br)c(Cl)cc1Cl. The van der Waals surface area contributed by atoms with Crippen molar-refractivity contribution in [2.45, 2.75) is 6.54 Å². The summed E-state index contributed by atoms with van der Waals surface area (Å²) in [5.74, 6) is 6.23. The van der Waals surface area contributed by atoms with E-state index >= 15 is 0 Å². The highest BCUT2D eigenvalue weighted by molar-refractivity contribution is 9.10. The molecule has 0 spiro atoms. The normalized spacial score (nSPS) is 10.4. The van der Waals surface area contributed by atoms with Crippen molar-refractivity contribution in [3.05, 3.63) is 36.9 Å². The van der Waals surface area contributed by atoms with E-state index in [0.29, 0.717) is 28.2 Å². The van der Waals surface area contributed by atoms with Gasteiger partial charge in [0, 0.05) is 9.35 Å². The second kappa shape index (κ2) is 6.08. The average Bonchev–Trinajstić information content (AvgIpc) is 2.74. The van der Waals surface area contributed by atoms with Crippen LogP contribution in [0.5, 0.6) is 0 Å². The quantitative estimate of drug-likeness (QED) is 0.562. The van der Waals surface area contributed by atoms with Crippen LogP contribution >= 0.6 is 50.5 Å². The lowest BCUT2D eigenvalue weighted by molar-refractivity contribution is 1.12. The number of nitrogens with two attached hydrogens (primary N) is 1. The van der Waals surface area contributed by atoms with Crippen LogP contribution in [0.2, 0.25) is 10.0 Å². The van der Waals surface area contributed by atoms with Crippen LogP contribution < -0.4 is 16.6 Å². The zero-order valence-corrected chi connectivity index (χ0v) is 12.9. The Labute approximate surface area is 127 Å². The molecule has 0 amide bonds. The maximum atomic E-state index is 6.05. The number of rotatable bonds is 4. The first-order valence-electron chi connectivity index (χ1n) is 4.90. The van der Waals surface area contributed by atoms with Gasteiger partial charge in [-0.2, -0.15) is 0 Å². The van der Waals surface area contributed by atoms with Crippen molar-refractivity contribution in [3.8, 4) is 0 Å². The largest absolute Gasteiger partial charge is 0.364 e. The van der Waals surface area contributed by atoms with E-state index in [4.69, 9.17) is 29.0 Å². The molecule has 2 heterocycles. The molecule has 4 nitrogen and oxygen atoms in total. The molecule has 0 bridgehead atoms. The first-order valence-corrected chi connectivity index (χ1v) is 7.33. The Hall–Kier alpha value is -0.530. The fourth-order valence-corrected chi connectivity index (χ4v) is 3.22. The molecule has 0 aliphatic carbocycles. The number of nitrogens with zero attached hydrogens (tertiary/aromatic N) is 1. The summed E-state index contributed by atoms with van der Waals surface area (Å²) in [6.07, 6.45) is 0. The summed E-state index contributed by atoms with van der Waals surface area (Å²) < 4.78 is 1.06. The van der Waals surface area contributed by atoms with Gasteiger partial charge in [-0.25, -0.2) is 10.8 Å². The Balaban J connectivity index is 2.16. The van der Waals surface area contributed by atoms with Gasteiger partial charge in [-0.1, -0.05) is 23.2 Å². The van der Waals surface area contributed by atoms with Crippen molar-refractivity contribution in [1.29, 1.82) is 0 Å². The Morgan fingerprint density at radius 1 is 1.33 bits per heavy atom. The first-order chi connectivity index (χ1) is 8.61. The number of nitrogens with one attached hydrogen (secondary N) is 2. The minimum absolute atomic E-state index is 0.380. The molecule has 0 aromatic carbocycles. The van der Waals surface area contributed by atoms with Crippen molar-refractivity contribution in [3.63, 3.8) is 0 Å². The van der Waals surface area contributed by atoms with Crippen LogP contribution in [0, 0.1) is 0 Å². The summed E-state index contributed by atoms with van der Waals surface area (Å²) in [7, 11) is 0. The minimum Gasteiger partial charge on any atom is -0.364 e. The number of nitrogen functional groups attached to an aromatic ring is 1. The fourth-order valence-electron chi connectivity index (χ4n) is 1.31. The number of halogens is 3. The van der Waals surface area contributed by atoms with Crippen molar-refractivity contribution < 1.29 is 0 Å². The predicted octanol–water partition coefficient (Wildman–Crippen LogP) is 4.11. The molecule has 0 saturated heterocycles. The lowest BCUT2D eigenvalue weighted by atomic mass is 10.4. The van der Waals surface area contributed by atoms with Crippen LogP contribution in [-0.4, -0.2) is 4.98 Å². The number of hydrogen-bond donors (Lipinski definition) is 3. The van der Waals surface area contributed by atoms with E-state index in [1.807, 2.05) is 11.4 Å². The summed E-state index contributed by atoms with van der Waals surface area (Å²) in [4.78, 5) is 5.36. The highest BCUT2D eigenvalue weighted by atomic mass is 79.9. The first kappa shape index (κ1) is 13.9. The monoisotopic (exact) mass is 366 g/mol. The summed E-state index contributed by atoms with van der Waals surface area (Å²) in [5.41, 5.74) is 2.42. The maximum absolute atomic E-state index is 6.05. The minimum atomic E-state index is 0.380. The topological polar surface area (TPSA) is 63.0 Å². The number of aromatic nitrogens is 1. The average molecular weight is 368 g/mol. The van der Waals surface area contributed by atoms with Gasteiger partial charge >= 0.3 is 0 Å². The number of hydrazine groups is 1. The Bertz CT molecular complexity index is 561. The highest BCUT2D eigenvalue weighted by Gasteiger charge is 2.09. The highest BCUT2D eigenvalue weighted by Crippen LogP contribution is 2.30. The molecule has 8 heteroatoms. The molecule has 0 radical (unpaired) electrons. The number of anilines is 2. The zero-order chi connectivity index (χ0) is 13.1. The molecule has 0 atom stereocenters. The molecule has 0 unspecified atom stereocenters. The van der Waals surface area contributed by atoms with E-state index in [-0.39, 0.29) is 0 Å². The molecule has 0 aliphatic rings. The van der Waals surface area contributed by atoms with Crippen LogP contribution in [0.25, 0.3) is 0 Å². The number of pyridine rings is 1. The van der Waals surface area contributed by atoms with Gasteiger partial charge < -0.3 is 10.7 Å². The summed E-state index contributed by atoms with van der Waals surface area (Å²) >= 11 is 17.1. The third kappa shape index (κ3) is 3.07. The molecule has 0 aliphatic heterocycles. The summed E-state index contributed by atoms with van der Waals surface area (Å²) in [6, 6.07) is 3.59. The molecule has 4 N–H and O–H groups in total. The number of hydrogen-bond acceptors (Lipinski definition) is 5. The van der Waals surface area contributed by atoms with Gasteiger partial charge in [0.05, 0.1) is 16.6 Å². The van der Waals surface area contributed by atoms with Crippen molar-refractivity contribution in [2.24, 2.45) is 5.84 Å². The van der Waals surface area contributed by atoms with E-state index in [1.165, 1.54) is 0 Å². The molecule has 2 aromatic rings. The van der Waals surface area contributed by atoms with Crippen molar-refractivity contribution in [2.75, 3.05) is 10.7 Å². The third-order valence-electron chi connectivity index (χ3n) is 2.17. The lowest BCUT2D eigenvalue weighted by Crippen LogP contribution is -2.11. The van der Waals surface area contributed by atoms with Crippen LogP contribution in [0.3, 0.4) is 0 Å². The molecular weight excluding hydrogens is 359 g/mol. The van der Waals surface area contributed by atoms with Crippen LogP contribution in [0.15, 0.2) is 22.0 Å². The van der Waals surface area contributed by atoms with E-state index in [2.05, 4.69) is 31.7 Å². The number of thiophene rings is 1. The van der Waals surface area contributed by atoms with Gasteiger partial charge in [0.15, 0.2) is 5.82 Å².